The first-order chi connectivity index (χ1) is 19.5. The van der Waals surface area contributed by atoms with Gasteiger partial charge >= 0.3 is 18.1 Å². The van der Waals surface area contributed by atoms with Crippen molar-refractivity contribution in [2.24, 2.45) is 4.99 Å². The lowest BCUT2D eigenvalue weighted by Crippen LogP contribution is -2.52. The number of carboxylic acid groups (broad SMARTS) is 2. The third kappa shape index (κ3) is 12.7. The monoisotopic (exact) mass is 581 g/mol. The molecule has 224 valence electrons. The molecule has 0 atom stereocenters. The number of aromatic carboxylic acids is 1. The quantitative estimate of drug-likeness (QED) is 0.189. The van der Waals surface area contributed by atoms with Crippen molar-refractivity contribution >= 4 is 29.5 Å². The summed E-state index contributed by atoms with van der Waals surface area (Å²) in [4.78, 5) is 41.5. The second-order valence-electron chi connectivity index (χ2n) is 8.90. The lowest BCUT2D eigenvalue weighted by molar-refractivity contribution is -0.192. The minimum absolute atomic E-state index is 0.0196. The number of carbonyl (C=O) groups excluding carboxylic acids is 1. The van der Waals surface area contributed by atoms with Gasteiger partial charge in [0.1, 0.15) is 0 Å². The number of carboxylic acids is 2. The maximum Gasteiger partial charge on any atom is 0.490 e. The Morgan fingerprint density at radius 2 is 1.66 bits per heavy atom. The number of aliphatic imine (C=N–C) groups is 1. The van der Waals surface area contributed by atoms with Gasteiger partial charge in [0.25, 0.3) is 0 Å². The summed E-state index contributed by atoms with van der Waals surface area (Å²) in [5.41, 5.74) is 1.98. The molecule has 14 heteroatoms. The van der Waals surface area contributed by atoms with Crippen LogP contribution in [0.4, 0.5) is 18.9 Å². The maximum absolute atomic E-state index is 12.2. The van der Waals surface area contributed by atoms with Crippen molar-refractivity contribution in [2.45, 2.75) is 19.1 Å². The number of ether oxygens (including phenoxy) is 1. The van der Waals surface area contributed by atoms with Crippen molar-refractivity contribution in [3.05, 3.63) is 65.7 Å². The Bertz CT molecular complexity index is 1160. The van der Waals surface area contributed by atoms with E-state index < -0.39 is 18.1 Å². The highest BCUT2D eigenvalue weighted by Crippen LogP contribution is 2.14. The molecule has 1 heterocycles. The van der Waals surface area contributed by atoms with E-state index >= 15 is 0 Å². The molecule has 2 aromatic rings. The highest BCUT2D eigenvalue weighted by Gasteiger charge is 2.38. The van der Waals surface area contributed by atoms with Crippen LogP contribution in [-0.2, 0) is 20.9 Å². The highest BCUT2D eigenvalue weighted by molar-refractivity contribution is 5.96. The van der Waals surface area contributed by atoms with Crippen LogP contribution in [0.15, 0.2) is 59.6 Å². The van der Waals surface area contributed by atoms with Gasteiger partial charge in [-0.2, -0.15) is 13.2 Å². The van der Waals surface area contributed by atoms with Crippen LogP contribution in [0.3, 0.4) is 0 Å². The fourth-order valence-corrected chi connectivity index (χ4v) is 3.65. The topological polar surface area (TPSA) is 144 Å². The number of rotatable bonds is 10. The van der Waals surface area contributed by atoms with E-state index in [0.717, 1.165) is 25.1 Å². The Balaban J connectivity index is 0.000000745. The van der Waals surface area contributed by atoms with Crippen molar-refractivity contribution in [1.29, 1.82) is 0 Å². The van der Waals surface area contributed by atoms with Crippen LogP contribution >= 0.6 is 0 Å². The Hall–Kier alpha value is -4.17. The molecule has 1 fully saturated rings. The number of guanidine groups is 1. The van der Waals surface area contributed by atoms with E-state index in [1.54, 1.807) is 25.3 Å². The summed E-state index contributed by atoms with van der Waals surface area (Å²) in [5.74, 6) is -3.02. The fourth-order valence-electron chi connectivity index (χ4n) is 3.65. The van der Waals surface area contributed by atoms with Gasteiger partial charge in [-0.15, -0.1) is 0 Å². The number of methoxy groups -OCH3 is 1. The normalized spacial score (nSPS) is 14.0. The van der Waals surface area contributed by atoms with Gasteiger partial charge in [0, 0.05) is 52.1 Å². The molecule has 11 nitrogen and oxygen atoms in total. The molecule has 1 aliphatic heterocycles. The largest absolute Gasteiger partial charge is 0.490 e. The summed E-state index contributed by atoms with van der Waals surface area (Å²) in [6, 6.07) is 16.7. The van der Waals surface area contributed by atoms with E-state index in [0.29, 0.717) is 51.0 Å². The zero-order valence-electron chi connectivity index (χ0n) is 22.6. The van der Waals surface area contributed by atoms with Crippen molar-refractivity contribution in [3.63, 3.8) is 0 Å². The predicted molar refractivity (Wildman–Crippen MR) is 146 cm³/mol. The van der Waals surface area contributed by atoms with Gasteiger partial charge in [-0.05, 0) is 30.2 Å². The number of halogens is 3. The lowest BCUT2D eigenvalue weighted by Gasteiger charge is -2.36. The number of amides is 1. The number of carbonyl (C=O) groups is 3. The maximum atomic E-state index is 12.2. The molecular weight excluding hydrogens is 547 g/mol. The first kappa shape index (κ1) is 33.0. The molecule has 0 saturated carbocycles. The van der Waals surface area contributed by atoms with Crippen LogP contribution in [0.5, 0.6) is 0 Å². The minimum Gasteiger partial charge on any atom is -0.478 e. The molecule has 0 radical (unpaired) electrons. The van der Waals surface area contributed by atoms with Gasteiger partial charge in [0.05, 0.1) is 18.7 Å². The lowest BCUT2D eigenvalue weighted by atomic mass is 10.2. The Morgan fingerprint density at radius 3 is 2.24 bits per heavy atom. The molecule has 0 aromatic heterocycles. The third-order valence-electron chi connectivity index (χ3n) is 5.75. The summed E-state index contributed by atoms with van der Waals surface area (Å²) < 4.78 is 36.7. The molecule has 2 aromatic carbocycles. The van der Waals surface area contributed by atoms with Gasteiger partial charge in [-0.3, -0.25) is 9.69 Å². The van der Waals surface area contributed by atoms with Crippen molar-refractivity contribution in [1.82, 2.24) is 15.1 Å². The molecule has 0 unspecified atom stereocenters. The van der Waals surface area contributed by atoms with Gasteiger partial charge in [0.15, 0.2) is 5.96 Å². The fraction of sp³-hybridized carbons (Fsp3) is 0.407. The number of aliphatic carboxylic acids is 1. The second-order valence-corrected chi connectivity index (χ2v) is 8.90. The van der Waals surface area contributed by atoms with Crippen LogP contribution in [0.25, 0.3) is 0 Å². The van der Waals surface area contributed by atoms with Crippen LogP contribution in [0, 0.1) is 0 Å². The van der Waals surface area contributed by atoms with E-state index in [-0.39, 0.29) is 11.5 Å². The molecule has 1 aliphatic rings. The zero-order valence-corrected chi connectivity index (χ0v) is 22.6. The van der Waals surface area contributed by atoms with Crippen LogP contribution in [0.1, 0.15) is 22.3 Å². The third-order valence-corrected chi connectivity index (χ3v) is 5.75. The Labute approximate surface area is 235 Å². The summed E-state index contributed by atoms with van der Waals surface area (Å²) in [7, 11) is 1.65. The SMILES string of the molecule is COCCCNC(=O)CN1CCN(C(=NCc2ccccc2)Nc2cccc(C(=O)O)c2)CC1.O=C(O)C(F)(F)F. The summed E-state index contributed by atoms with van der Waals surface area (Å²) in [5, 5.41) is 22.7. The minimum atomic E-state index is -5.08. The molecule has 1 saturated heterocycles. The Morgan fingerprint density at radius 1 is 1.00 bits per heavy atom. The molecule has 1 amide bonds. The average molecular weight is 582 g/mol. The number of hydrogen-bond donors (Lipinski definition) is 4. The summed E-state index contributed by atoms with van der Waals surface area (Å²) >= 11 is 0. The number of piperazine rings is 1. The van der Waals surface area contributed by atoms with Crippen LogP contribution < -0.4 is 10.6 Å². The number of alkyl halides is 3. The van der Waals surface area contributed by atoms with E-state index in [9.17, 15) is 27.9 Å². The van der Waals surface area contributed by atoms with E-state index in [1.165, 1.54) is 0 Å². The highest BCUT2D eigenvalue weighted by atomic mass is 19.4. The van der Waals surface area contributed by atoms with Crippen LogP contribution in [0.2, 0.25) is 0 Å². The predicted octanol–water partition coefficient (Wildman–Crippen LogP) is 2.76. The summed E-state index contributed by atoms with van der Waals surface area (Å²) in [6.07, 6.45) is -4.29. The van der Waals surface area contributed by atoms with E-state index in [1.807, 2.05) is 36.4 Å². The molecule has 41 heavy (non-hydrogen) atoms. The molecule has 4 N–H and O–H groups in total. The number of benzene rings is 2. The number of nitrogens with one attached hydrogen (secondary N) is 2. The van der Waals surface area contributed by atoms with E-state index in [2.05, 4.69) is 20.4 Å². The molecule has 0 aliphatic carbocycles. The van der Waals surface area contributed by atoms with Crippen molar-refractivity contribution in [2.75, 3.05) is 58.3 Å². The van der Waals surface area contributed by atoms with Gasteiger partial charge in [-0.25, -0.2) is 14.6 Å². The number of nitrogens with zero attached hydrogens (tertiary/aromatic N) is 3. The van der Waals surface area contributed by atoms with Gasteiger partial charge < -0.3 is 30.5 Å². The average Bonchev–Trinajstić information content (AvgIpc) is 2.94. The van der Waals surface area contributed by atoms with Crippen molar-refractivity contribution < 1.29 is 42.5 Å². The molecule has 0 spiro atoms. The molecule has 3 rings (SSSR count). The van der Waals surface area contributed by atoms with Gasteiger partial charge in [-0.1, -0.05) is 36.4 Å². The summed E-state index contributed by atoms with van der Waals surface area (Å²) in [6.45, 7) is 4.98. The van der Waals surface area contributed by atoms with Crippen LogP contribution in [-0.4, -0.2) is 103 Å². The van der Waals surface area contributed by atoms with E-state index in [4.69, 9.17) is 19.6 Å². The van der Waals surface area contributed by atoms with Gasteiger partial charge in [0.2, 0.25) is 5.91 Å². The first-order valence-electron chi connectivity index (χ1n) is 12.7. The Kier molecular flexibility index (Phi) is 13.6. The first-order valence-corrected chi connectivity index (χ1v) is 12.7. The molecule has 0 bridgehead atoms. The van der Waals surface area contributed by atoms with Crippen molar-refractivity contribution in [3.8, 4) is 0 Å². The molecular formula is C27H34F3N5O6. The smallest absolute Gasteiger partial charge is 0.478 e. The second kappa shape index (κ2) is 16.8. The number of anilines is 1. The number of hydrogen-bond acceptors (Lipinski definition) is 6. The zero-order chi connectivity index (χ0) is 30.3. The standard InChI is InChI=1S/C25H33N5O4.C2HF3O2/c1-34-16-6-11-26-23(31)19-29-12-14-30(15-13-29)25(27-18-20-7-3-2-4-8-20)28-22-10-5-9-21(17-22)24(32)33;3-2(4,5)1(6)7/h2-5,7-10,17H,6,11-16,18-19H2,1H3,(H,26,31)(H,27,28)(H,32,33);(H,6,7).